The van der Waals surface area contributed by atoms with Gasteiger partial charge in [0.05, 0.1) is 12.2 Å². The van der Waals surface area contributed by atoms with Crippen molar-refractivity contribution in [3.8, 4) is 5.82 Å². The van der Waals surface area contributed by atoms with E-state index < -0.39 is 0 Å². The molecular weight excluding hydrogens is 372 g/mol. The first-order chi connectivity index (χ1) is 13.6. The summed E-state index contributed by atoms with van der Waals surface area (Å²) < 4.78 is 1.80. The van der Waals surface area contributed by atoms with Crippen molar-refractivity contribution in [2.75, 3.05) is 18.0 Å². The summed E-state index contributed by atoms with van der Waals surface area (Å²) in [6.45, 7) is 6.21. The fourth-order valence-corrected chi connectivity index (χ4v) is 4.21. The van der Waals surface area contributed by atoms with E-state index in [1.54, 1.807) is 16.0 Å². The second-order valence-corrected chi connectivity index (χ2v) is 8.18. The molecule has 1 saturated heterocycles. The number of carbonyl (C=O) groups is 1. The molecule has 3 aromatic rings. The highest BCUT2D eigenvalue weighted by molar-refractivity contribution is 7.09. The van der Waals surface area contributed by atoms with E-state index >= 15 is 0 Å². The van der Waals surface area contributed by atoms with Crippen LogP contribution < -0.4 is 10.2 Å². The first-order valence-corrected chi connectivity index (χ1v) is 10.4. The van der Waals surface area contributed by atoms with Gasteiger partial charge in [-0.15, -0.1) is 21.5 Å². The van der Waals surface area contributed by atoms with Gasteiger partial charge in [-0.2, -0.15) is 5.10 Å². The fraction of sp³-hybridized carbons (Fsp3) is 0.400. The average Bonchev–Trinajstić information content (AvgIpc) is 3.35. The van der Waals surface area contributed by atoms with Gasteiger partial charge in [0.25, 0.3) is 0 Å². The minimum atomic E-state index is 0.0677. The predicted molar refractivity (Wildman–Crippen MR) is 110 cm³/mol. The first kappa shape index (κ1) is 18.6. The zero-order valence-corrected chi connectivity index (χ0v) is 16.9. The SMILES string of the molecule is Cc1cc(C)n(-c2ccc(N3CCC(C(=O)NCc4cccs4)CC3)nn2)n1. The summed E-state index contributed by atoms with van der Waals surface area (Å²) in [5.74, 6) is 1.79. The summed E-state index contributed by atoms with van der Waals surface area (Å²) in [6, 6.07) is 10.00. The number of aromatic nitrogens is 4. The van der Waals surface area contributed by atoms with Crippen LogP contribution in [-0.2, 0) is 11.3 Å². The number of hydrogen-bond acceptors (Lipinski definition) is 6. The molecule has 0 radical (unpaired) electrons. The first-order valence-electron chi connectivity index (χ1n) is 9.52. The Labute approximate surface area is 168 Å². The lowest BCUT2D eigenvalue weighted by Crippen LogP contribution is -2.40. The van der Waals surface area contributed by atoms with Gasteiger partial charge >= 0.3 is 0 Å². The molecule has 4 heterocycles. The topological polar surface area (TPSA) is 75.9 Å². The minimum Gasteiger partial charge on any atom is -0.355 e. The maximum absolute atomic E-state index is 12.4. The summed E-state index contributed by atoms with van der Waals surface area (Å²) in [5.41, 5.74) is 2.00. The standard InChI is InChI=1S/C20H24N6OS/c1-14-12-15(2)26(24-14)19-6-5-18(22-23-19)25-9-7-16(8-10-25)20(27)21-13-17-4-3-11-28-17/h3-6,11-12,16H,7-10,13H2,1-2H3,(H,21,27). The van der Waals surface area contributed by atoms with E-state index in [9.17, 15) is 4.79 Å². The smallest absolute Gasteiger partial charge is 0.223 e. The van der Waals surface area contributed by atoms with Crippen LogP contribution in [0.2, 0.25) is 0 Å². The molecule has 7 nitrogen and oxygen atoms in total. The van der Waals surface area contributed by atoms with E-state index in [0.29, 0.717) is 6.54 Å². The third-order valence-electron chi connectivity index (χ3n) is 5.07. The van der Waals surface area contributed by atoms with Crippen LogP contribution >= 0.6 is 11.3 Å². The van der Waals surface area contributed by atoms with E-state index in [1.165, 1.54) is 4.88 Å². The molecular formula is C20H24N6OS. The van der Waals surface area contributed by atoms with Gasteiger partial charge < -0.3 is 10.2 Å². The summed E-state index contributed by atoms with van der Waals surface area (Å²) in [4.78, 5) is 15.8. The molecule has 0 saturated carbocycles. The fourth-order valence-electron chi connectivity index (χ4n) is 3.56. The molecule has 1 aliphatic heterocycles. The predicted octanol–water partition coefficient (Wildman–Crippen LogP) is 2.87. The van der Waals surface area contributed by atoms with E-state index in [-0.39, 0.29) is 11.8 Å². The van der Waals surface area contributed by atoms with E-state index in [0.717, 1.165) is 49.0 Å². The zero-order valence-electron chi connectivity index (χ0n) is 16.1. The van der Waals surface area contributed by atoms with E-state index in [1.807, 2.05) is 49.6 Å². The number of nitrogens with zero attached hydrogens (tertiary/aromatic N) is 5. The van der Waals surface area contributed by atoms with Gasteiger partial charge in [-0.3, -0.25) is 4.79 Å². The normalized spacial score (nSPS) is 15.0. The molecule has 0 spiro atoms. The highest BCUT2D eigenvalue weighted by Gasteiger charge is 2.25. The Morgan fingerprint density at radius 1 is 1.18 bits per heavy atom. The molecule has 1 amide bonds. The van der Waals surface area contributed by atoms with Gasteiger partial charge in [0.15, 0.2) is 11.6 Å². The number of aryl methyl sites for hydroxylation is 2. The lowest BCUT2D eigenvalue weighted by Gasteiger charge is -2.31. The molecule has 1 fully saturated rings. The molecule has 146 valence electrons. The molecule has 0 atom stereocenters. The number of hydrogen-bond donors (Lipinski definition) is 1. The second-order valence-electron chi connectivity index (χ2n) is 7.15. The van der Waals surface area contributed by atoms with Crippen LogP contribution in [-0.4, -0.2) is 39.0 Å². The summed E-state index contributed by atoms with van der Waals surface area (Å²) in [7, 11) is 0. The molecule has 0 bridgehead atoms. The van der Waals surface area contributed by atoms with Crippen molar-refractivity contribution in [2.24, 2.45) is 5.92 Å². The molecule has 1 aliphatic rings. The van der Waals surface area contributed by atoms with Gasteiger partial charge in [0.1, 0.15) is 0 Å². The molecule has 3 aromatic heterocycles. The van der Waals surface area contributed by atoms with Gasteiger partial charge in [-0.25, -0.2) is 4.68 Å². The van der Waals surface area contributed by atoms with Crippen LogP contribution in [0.15, 0.2) is 35.7 Å². The van der Waals surface area contributed by atoms with E-state index in [4.69, 9.17) is 0 Å². The van der Waals surface area contributed by atoms with Crippen LogP contribution in [0.3, 0.4) is 0 Å². The quantitative estimate of drug-likeness (QED) is 0.718. The van der Waals surface area contributed by atoms with Gasteiger partial charge in [-0.1, -0.05) is 6.07 Å². The molecule has 0 unspecified atom stereocenters. The largest absolute Gasteiger partial charge is 0.355 e. The minimum absolute atomic E-state index is 0.0677. The van der Waals surface area contributed by atoms with Gasteiger partial charge in [0, 0.05) is 29.6 Å². The third-order valence-corrected chi connectivity index (χ3v) is 5.95. The molecule has 8 heteroatoms. The second kappa shape index (κ2) is 8.10. The Balaban J connectivity index is 1.32. The van der Waals surface area contributed by atoms with Crippen molar-refractivity contribution in [1.82, 2.24) is 25.3 Å². The van der Waals surface area contributed by atoms with Crippen LogP contribution in [0.4, 0.5) is 5.82 Å². The van der Waals surface area contributed by atoms with Crippen LogP contribution in [0, 0.1) is 19.8 Å². The molecule has 0 aromatic carbocycles. The number of rotatable bonds is 5. The van der Waals surface area contributed by atoms with Crippen molar-refractivity contribution in [2.45, 2.75) is 33.2 Å². The lowest BCUT2D eigenvalue weighted by molar-refractivity contribution is -0.125. The van der Waals surface area contributed by atoms with Crippen molar-refractivity contribution >= 4 is 23.1 Å². The van der Waals surface area contributed by atoms with Crippen molar-refractivity contribution in [3.63, 3.8) is 0 Å². The number of thiophene rings is 1. The number of anilines is 1. The molecule has 0 aliphatic carbocycles. The number of amides is 1. The lowest BCUT2D eigenvalue weighted by atomic mass is 9.96. The van der Waals surface area contributed by atoms with Gasteiger partial charge in [-0.05, 0) is 56.3 Å². The Hall–Kier alpha value is -2.74. The highest BCUT2D eigenvalue weighted by Crippen LogP contribution is 2.22. The summed E-state index contributed by atoms with van der Waals surface area (Å²) in [5, 5.41) is 18.3. The Morgan fingerprint density at radius 3 is 2.54 bits per heavy atom. The maximum atomic E-state index is 12.4. The number of carbonyl (C=O) groups excluding carboxylic acids is 1. The van der Waals surface area contributed by atoms with Crippen LogP contribution in [0.5, 0.6) is 0 Å². The third kappa shape index (κ3) is 4.06. The van der Waals surface area contributed by atoms with Crippen LogP contribution in [0.25, 0.3) is 5.82 Å². The van der Waals surface area contributed by atoms with Crippen molar-refractivity contribution in [1.29, 1.82) is 0 Å². The zero-order chi connectivity index (χ0) is 19.5. The summed E-state index contributed by atoms with van der Waals surface area (Å²) in [6.07, 6.45) is 1.66. The number of nitrogens with one attached hydrogen (secondary N) is 1. The Kier molecular flexibility index (Phi) is 5.38. The monoisotopic (exact) mass is 396 g/mol. The highest BCUT2D eigenvalue weighted by atomic mass is 32.1. The number of piperidine rings is 1. The van der Waals surface area contributed by atoms with Gasteiger partial charge in [0.2, 0.25) is 5.91 Å². The van der Waals surface area contributed by atoms with Crippen LogP contribution in [0.1, 0.15) is 29.1 Å². The summed E-state index contributed by atoms with van der Waals surface area (Å²) >= 11 is 1.67. The molecule has 28 heavy (non-hydrogen) atoms. The van der Waals surface area contributed by atoms with Crippen molar-refractivity contribution in [3.05, 3.63) is 52.0 Å². The average molecular weight is 397 g/mol. The Morgan fingerprint density at radius 2 is 1.93 bits per heavy atom. The van der Waals surface area contributed by atoms with Crippen molar-refractivity contribution < 1.29 is 4.79 Å². The Bertz CT molecular complexity index is 926. The molecule has 4 rings (SSSR count). The molecule has 1 N–H and O–H groups in total. The van der Waals surface area contributed by atoms with E-state index in [2.05, 4.69) is 25.5 Å². The maximum Gasteiger partial charge on any atom is 0.223 e.